The number of nitrogens with zero attached hydrogens (tertiary/aromatic N) is 2. The summed E-state index contributed by atoms with van der Waals surface area (Å²) in [6, 6.07) is -0.829. The summed E-state index contributed by atoms with van der Waals surface area (Å²) in [7, 11) is 1.54. The molecule has 20 heavy (non-hydrogen) atoms. The van der Waals surface area contributed by atoms with Crippen molar-refractivity contribution in [3.05, 3.63) is 0 Å². The average Bonchev–Trinajstić information content (AvgIpc) is 2.40. The van der Waals surface area contributed by atoms with Crippen LogP contribution in [-0.2, 0) is 14.4 Å². The van der Waals surface area contributed by atoms with Gasteiger partial charge in [-0.1, -0.05) is 0 Å². The number of rotatable bonds is 8. The lowest BCUT2D eigenvalue weighted by molar-refractivity contribution is -0.141. The highest BCUT2D eigenvalue weighted by molar-refractivity contribution is 5.74. The molecule has 0 aromatic rings. The van der Waals surface area contributed by atoms with Crippen molar-refractivity contribution in [2.24, 2.45) is 0 Å². The van der Waals surface area contributed by atoms with E-state index in [1.165, 1.54) is 11.9 Å². The van der Waals surface area contributed by atoms with Crippen molar-refractivity contribution in [2.75, 3.05) is 33.2 Å². The van der Waals surface area contributed by atoms with Gasteiger partial charge in [-0.2, -0.15) is 0 Å². The molecule has 0 unspecified atom stereocenters. The first-order valence-electron chi connectivity index (χ1n) is 6.53. The van der Waals surface area contributed by atoms with Crippen molar-refractivity contribution < 1.29 is 24.6 Å². The number of amides is 1. The number of likely N-dealkylation sites (N-methyl/N-ethyl adjacent to an activating group) is 1. The van der Waals surface area contributed by atoms with Crippen LogP contribution in [0.2, 0.25) is 0 Å². The Labute approximate surface area is 117 Å². The molecule has 114 valence electrons. The molecule has 1 heterocycles. The number of nitrogens with one attached hydrogen (secondary N) is 1. The molecular weight excluding hydrogens is 266 g/mol. The van der Waals surface area contributed by atoms with Gasteiger partial charge >= 0.3 is 11.9 Å². The summed E-state index contributed by atoms with van der Waals surface area (Å²) in [5.74, 6) is -1.86. The van der Waals surface area contributed by atoms with Gasteiger partial charge in [0.2, 0.25) is 6.41 Å². The van der Waals surface area contributed by atoms with E-state index in [9.17, 15) is 14.4 Å². The molecule has 0 bridgehead atoms. The van der Waals surface area contributed by atoms with Crippen LogP contribution in [0.3, 0.4) is 0 Å². The summed E-state index contributed by atoms with van der Waals surface area (Å²) < 4.78 is 0. The third-order valence-electron chi connectivity index (χ3n) is 3.56. The zero-order valence-corrected chi connectivity index (χ0v) is 11.5. The van der Waals surface area contributed by atoms with E-state index in [4.69, 9.17) is 10.2 Å². The predicted octanol–water partition coefficient (Wildman–Crippen LogP) is -1.33. The highest BCUT2D eigenvalue weighted by Gasteiger charge is 2.27. The smallest absolute Gasteiger partial charge is 0.322 e. The minimum atomic E-state index is -0.998. The van der Waals surface area contributed by atoms with Crippen molar-refractivity contribution >= 4 is 18.3 Å². The van der Waals surface area contributed by atoms with E-state index in [0.29, 0.717) is 32.3 Å². The first-order chi connectivity index (χ1) is 9.47. The van der Waals surface area contributed by atoms with Crippen molar-refractivity contribution in [1.29, 1.82) is 0 Å². The van der Waals surface area contributed by atoms with Gasteiger partial charge in [0.25, 0.3) is 0 Å². The van der Waals surface area contributed by atoms with Gasteiger partial charge in [-0.05, 0) is 19.9 Å². The fourth-order valence-electron chi connectivity index (χ4n) is 2.38. The number of carbonyl (C=O) groups excluding carboxylic acids is 1. The van der Waals surface area contributed by atoms with Gasteiger partial charge in [0.15, 0.2) is 0 Å². The second-order valence-electron chi connectivity index (χ2n) is 4.88. The first-order valence-corrected chi connectivity index (χ1v) is 6.53. The van der Waals surface area contributed by atoms with Crippen LogP contribution in [0, 0.1) is 0 Å². The van der Waals surface area contributed by atoms with Crippen molar-refractivity contribution in [2.45, 2.75) is 24.9 Å². The number of carboxylic acids is 2. The van der Waals surface area contributed by atoms with Gasteiger partial charge < -0.3 is 20.4 Å². The Balaban J connectivity index is 2.50. The molecule has 1 aliphatic rings. The standard InChI is InChI=1S/C12H21N3O5/c1-13-10(12(19)20)6-15(8-16)9-2-4-14(5-3-9)7-11(17)18/h8-10,13H,2-7H2,1H3,(H,17,18)(H,19,20)/t10-/m0/s1. The molecule has 1 saturated heterocycles. The van der Waals surface area contributed by atoms with Gasteiger partial charge in [0.1, 0.15) is 6.04 Å². The largest absolute Gasteiger partial charge is 0.480 e. The fraction of sp³-hybridized carbons (Fsp3) is 0.750. The summed E-state index contributed by atoms with van der Waals surface area (Å²) in [5, 5.41) is 20.3. The van der Waals surface area contributed by atoms with E-state index < -0.39 is 18.0 Å². The topological polar surface area (TPSA) is 110 Å². The van der Waals surface area contributed by atoms with Crippen LogP contribution >= 0.6 is 0 Å². The highest BCUT2D eigenvalue weighted by Crippen LogP contribution is 2.15. The summed E-state index contributed by atoms with van der Waals surface area (Å²) >= 11 is 0. The Morgan fingerprint density at radius 2 is 2.00 bits per heavy atom. The van der Waals surface area contributed by atoms with E-state index in [1.807, 2.05) is 4.90 Å². The van der Waals surface area contributed by atoms with Crippen molar-refractivity contribution in [3.63, 3.8) is 0 Å². The summed E-state index contributed by atoms with van der Waals surface area (Å²) in [5.41, 5.74) is 0. The lowest BCUT2D eigenvalue weighted by atomic mass is 10.0. The van der Waals surface area contributed by atoms with Gasteiger partial charge in [-0.25, -0.2) is 0 Å². The molecule has 0 aromatic carbocycles. The van der Waals surface area contributed by atoms with E-state index in [-0.39, 0.29) is 19.1 Å². The highest BCUT2D eigenvalue weighted by atomic mass is 16.4. The van der Waals surface area contributed by atoms with Crippen LogP contribution in [0.25, 0.3) is 0 Å². The molecule has 1 aliphatic heterocycles. The number of aliphatic carboxylic acids is 2. The maximum atomic E-state index is 11.1. The quantitative estimate of drug-likeness (QED) is 0.474. The third-order valence-corrected chi connectivity index (χ3v) is 3.56. The van der Waals surface area contributed by atoms with Gasteiger partial charge in [0.05, 0.1) is 6.54 Å². The number of hydrogen-bond donors (Lipinski definition) is 3. The van der Waals surface area contributed by atoms with E-state index >= 15 is 0 Å². The fourth-order valence-corrected chi connectivity index (χ4v) is 2.38. The molecule has 8 nitrogen and oxygen atoms in total. The zero-order valence-electron chi connectivity index (χ0n) is 11.5. The van der Waals surface area contributed by atoms with Crippen LogP contribution in [-0.4, -0.2) is 83.7 Å². The van der Waals surface area contributed by atoms with E-state index in [2.05, 4.69) is 5.32 Å². The molecule has 1 fully saturated rings. The Kier molecular flexibility index (Phi) is 6.40. The predicted molar refractivity (Wildman–Crippen MR) is 70.4 cm³/mol. The summed E-state index contributed by atoms with van der Waals surface area (Å²) in [4.78, 5) is 36.0. The summed E-state index contributed by atoms with van der Waals surface area (Å²) in [6.07, 6.45) is 1.98. The number of carboxylic acid groups (broad SMARTS) is 2. The molecule has 1 rings (SSSR count). The van der Waals surface area contributed by atoms with Crippen LogP contribution < -0.4 is 5.32 Å². The van der Waals surface area contributed by atoms with E-state index in [0.717, 1.165) is 0 Å². The number of carbonyl (C=O) groups is 3. The van der Waals surface area contributed by atoms with Crippen LogP contribution in [0.15, 0.2) is 0 Å². The van der Waals surface area contributed by atoms with Gasteiger partial charge in [0, 0.05) is 25.7 Å². The minimum Gasteiger partial charge on any atom is -0.480 e. The Morgan fingerprint density at radius 1 is 1.40 bits per heavy atom. The average molecular weight is 287 g/mol. The van der Waals surface area contributed by atoms with Gasteiger partial charge in [-0.15, -0.1) is 0 Å². The maximum absolute atomic E-state index is 11.1. The number of likely N-dealkylation sites (tertiary alicyclic amines) is 1. The summed E-state index contributed by atoms with van der Waals surface area (Å²) in [6.45, 7) is 1.30. The minimum absolute atomic E-state index is 0.00206. The SMILES string of the molecule is CN[C@@H](CN(C=O)C1CCN(CC(=O)O)CC1)C(=O)O. The maximum Gasteiger partial charge on any atom is 0.322 e. The van der Waals surface area contributed by atoms with Crippen molar-refractivity contribution in [1.82, 2.24) is 15.1 Å². The molecule has 8 heteroatoms. The molecule has 0 saturated carbocycles. The normalized spacial score (nSPS) is 18.4. The monoisotopic (exact) mass is 287 g/mol. The first kappa shape index (κ1) is 16.4. The molecule has 3 N–H and O–H groups in total. The Hall–Kier alpha value is -1.67. The molecule has 0 radical (unpaired) electrons. The molecule has 0 aliphatic carbocycles. The molecule has 0 aromatic heterocycles. The number of hydrogen-bond acceptors (Lipinski definition) is 5. The Bertz CT molecular complexity index is 355. The second-order valence-corrected chi connectivity index (χ2v) is 4.88. The van der Waals surface area contributed by atoms with Crippen LogP contribution in [0.4, 0.5) is 0 Å². The second kappa shape index (κ2) is 7.81. The van der Waals surface area contributed by atoms with Gasteiger partial charge in [-0.3, -0.25) is 19.3 Å². The zero-order chi connectivity index (χ0) is 15.1. The molecule has 1 atom stereocenters. The van der Waals surface area contributed by atoms with E-state index in [1.54, 1.807) is 0 Å². The third kappa shape index (κ3) is 4.78. The van der Waals surface area contributed by atoms with Crippen LogP contribution in [0.5, 0.6) is 0 Å². The lowest BCUT2D eigenvalue weighted by Gasteiger charge is -2.37. The van der Waals surface area contributed by atoms with Crippen molar-refractivity contribution in [3.8, 4) is 0 Å². The molecule has 0 spiro atoms. The lowest BCUT2D eigenvalue weighted by Crippen LogP contribution is -2.51. The number of piperidine rings is 1. The molecular formula is C12H21N3O5. The molecule has 1 amide bonds. The van der Waals surface area contributed by atoms with Crippen LogP contribution in [0.1, 0.15) is 12.8 Å². The Morgan fingerprint density at radius 3 is 2.40 bits per heavy atom.